The fraction of sp³-hybridized carbons (Fsp3) is 0.429. The normalized spacial score (nSPS) is 13.4. The average molecular weight is 539 g/mol. The molecule has 0 saturated carbocycles. The van der Waals surface area contributed by atoms with Crippen molar-refractivity contribution in [2.24, 2.45) is 5.41 Å². The molecule has 0 aliphatic rings. The summed E-state index contributed by atoms with van der Waals surface area (Å²) in [4.78, 5) is 7.58. The Bertz CT molecular complexity index is 1340. The van der Waals surface area contributed by atoms with E-state index in [-0.39, 0.29) is 24.1 Å². The van der Waals surface area contributed by atoms with Crippen LogP contribution in [0.4, 0.5) is 14.5 Å². The molecular formula is C28H36F2N8O. The van der Waals surface area contributed by atoms with Crippen LogP contribution >= 0.6 is 0 Å². The van der Waals surface area contributed by atoms with E-state index in [4.69, 9.17) is 0 Å². The lowest BCUT2D eigenvalue weighted by atomic mass is 9.87. The summed E-state index contributed by atoms with van der Waals surface area (Å²) < 4.78 is 30.1. The number of H-pyrrole nitrogens is 1. The molecular weight excluding hydrogens is 502 g/mol. The molecule has 0 fully saturated rings. The third kappa shape index (κ3) is 7.45. The lowest BCUT2D eigenvalue weighted by molar-refractivity contribution is 0.103. The lowest BCUT2D eigenvalue weighted by Crippen LogP contribution is -2.36. The Morgan fingerprint density at radius 3 is 2.62 bits per heavy atom. The minimum Gasteiger partial charge on any atom is -0.390 e. The van der Waals surface area contributed by atoms with Gasteiger partial charge in [0.1, 0.15) is 23.8 Å². The molecule has 2 aromatic carbocycles. The molecule has 2 atom stereocenters. The van der Waals surface area contributed by atoms with Gasteiger partial charge < -0.3 is 20.7 Å². The van der Waals surface area contributed by atoms with Gasteiger partial charge in [0, 0.05) is 43.7 Å². The van der Waals surface area contributed by atoms with Gasteiger partial charge in [0.15, 0.2) is 0 Å². The zero-order chi connectivity index (χ0) is 28.0. The Balaban J connectivity index is 1.53. The van der Waals surface area contributed by atoms with Gasteiger partial charge in [0.2, 0.25) is 0 Å². The number of tetrazole rings is 1. The van der Waals surface area contributed by atoms with E-state index in [2.05, 4.69) is 75.1 Å². The van der Waals surface area contributed by atoms with Gasteiger partial charge in [-0.25, -0.2) is 18.4 Å². The highest BCUT2D eigenvalue weighted by Gasteiger charge is 2.25. The van der Waals surface area contributed by atoms with Crippen LogP contribution in [0.5, 0.6) is 0 Å². The largest absolute Gasteiger partial charge is 0.390 e. The number of aliphatic hydroxyl groups is 1. The first-order chi connectivity index (χ1) is 18.6. The van der Waals surface area contributed by atoms with E-state index in [1.54, 1.807) is 12.4 Å². The van der Waals surface area contributed by atoms with E-state index in [1.807, 2.05) is 6.92 Å². The Morgan fingerprint density at radius 2 is 1.95 bits per heavy atom. The molecule has 0 aliphatic heterocycles. The third-order valence-corrected chi connectivity index (χ3v) is 6.39. The standard InChI is InChI=1S/C28H36F2N8O/c1-5-32-26-19(11-21(29)13-23(26)30)12-24(38-17-35-36-37-38)25(39)16-31-15-20-10-18(14-28(2,3)4)6-7-22(20)27-33-8-9-34-27/h6-11,13,17,24-25,31-32,39H,5,12,14-16H2,1-4H3,(H,33,34). The van der Waals surface area contributed by atoms with Gasteiger partial charge in [-0.1, -0.05) is 39.0 Å². The molecule has 208 valence electrons. The number of hydrogen-bond donors (Lipinski definition) is 4. The van der Waals surface area contributed by atoms with Crippen molar-refractivity contribution < 1.29 is 13.9 Å². The van der Waals surface area contributed by atoms with Crippen molar-refractivity contribution in [1.29, 1.82) is 0 Å². The number of nitrogens with one attached hydrogen (secondary N) is 3. The van der Waals surface area contributed by atoms with Crippen molar-refractivity contribution in [3.8, 4) is 11.4 Å². The van der Waals surface area contributed by atoms with Crippen LogP contribution in [0.2, 0.25) is 0 Å². The molecule has 9 nitrogen and oxygen atoms in total. The Kier molecular flexibility index (Phi) is 9.03. The molecule has 0 amide bonds. The van der Waals surface area contributed by atoms with E-state index >= 15 is 0 Å². The van der Waals surface area contributed by atoms with E-state index in [0.29, 0.717) is 18.7 Å². The first-order valence-electron chi connectivity index (χ1n) is 13.1. The SMILES string of the molecule is CCNc1c(F)cc(F)cc1CC(C(O)CNCc1cc(CC(C)(C)C)ccc1-c1ncc[nH]1)n1cnnn1. The van der Waals surface area contributed by atoms with Gasteiger partial charge in [-0.15, -0.1) is 5.10 Å². The molecule has 4 rings (SSSR count). The fourth-order valence-corrected chi connectivity index (χ4v) is 4.76. The van der Waals surface area contributed by atoms with Crippen molar-refractivity contribution in [3.63, 3.8) is 0 Å². The van der Waals surface area contributed by atoms with Gasteiger partial charge in [-0.2, -0.15) is 0 Å². The molecule has 39 heavy (non-hydrogen) atoms. The molecule has 0 aliphatic carbocycles. The fourth-order valence-electron chi connectivity index (χ4n) is 4.76. The van der Waals surface area contributed by atoms with Gasteiger partial charge in [0.25, 0.3) is 0 Å². The van der Waals surface area contributed by atoms with E-state index in [9.17, 15) is 13.9 Å². The minimum absolute atomic E-state index is 0.115. The Morgan fingerprint density at radius 1 is 1.13 bits per heavy atom. The number of hydrogen-bond acceptors (Lipinski definition) is 7. The van der Waals surface area contributed by atoms with Crippen LogP contribution < -0.4 is 10.6 Å². The zero-order valence-corrected chi connectivity index (χ0v) is 22.7. The van der Waals surface area contributed by atoms with E-state index in [1.165, 1.54) is 22.6 Å². The van der Waals surface area contributed by atoms with Gasteiger partial charge in [-0.05, 0) is 58.4 Å². The molecule has 0 radical (unpaired) electrons. The van der Waals surface area contributed by atoms with Crippen LogP contribution in [-0.2, 0) is 19.4 Å². The van der Waals surface area contributed by atoms with Gasteiger partial charge in [-0.3, -0.25) is 0 Å². The summed E-state index contributed by atoms with van der Waals surface area (Å²) in [6.07, 6.45) is 4.96. The summed E-state index contributed by atoms with van der Waals surface area (Å²) in [5.74, 6) is -0.603. The van der Waals surface area contributed by atoms with Crippen LogP contribution in [0.1, 0.15) is 50.4 Å². The molecule has 4 N–H and O–H groups in total. The Hall–Kier alpha value is -3.70. The van der Waals surface area contributed by atoms with E-state index in [0.717, 1.165) is 29.4 Å². The first kappa shape index (κ1) is 28.3. The topological polar surface area (TPSA) is 117 Å². The molecule has 0 bridgehead atoms. The maximum atomic E-state index is 14.5. The minimum atomic E-state index is -0.959. The number of anilines is 1. The van der Waals surface area contributed by atoms with Crippen molar-refractivity contribution in [2.75, 3.05) is 18.4 Å². The molecule has 2 unspecified atom stereocenters. The number of aromatic nitrogens is 6. The van der Waals surface area contributed by atoms with Crippen molar-refractivity contribution >= 4 is 5.69 Å². The smallest absolute Gasteiger partial charge is 0.149 e. The number of rotatable bonds is 12. The van der Waals surface area contributed by atoms with Gasteiger partial charge >= 0.3 is 0 Å². The molecule has 0 saturated heterocycles. The number of aliphatic hydroxyl groups excluding tert-OH is 1. The van der Waals surface area contributed by atoms with Crippen LogP contribution in [0.25, 0.3) is 11.4 Å². The molecule has 4 aromatic rings. The molecule has 11 heteroatoms. The summed E-state index contributed by atoms with van der Waals surface area (Å²) in [6, 6.07) is 7.81. The number of halogens is 2. The summed E-state index contributed by atoms with van der Waals surface area (Å²) in [7, 11) is 0. The van der Waals surface area contributed by atoms with Crippen molar-refractivity contribution in [1.82, 2.24) is 35.5 Å². The quantitative estimate of drug-likeness (QED) is 0.213. The van der Waals surface area contributed by atoms with Gasteiger partial charge in [0.05, 0.1) is 17.8 Å². The second kappa shape index (κ2) is 12.4. The highest BCUT2D eigenvalue weighted by Crippen LogP contribution is 2.28. The predicted octanol–water partition coefficient (Wildman–Crippen LogP) is 4.30. The number of imidazole rings is 1. The van der Waals surface area contributed by atoms with Crippen molar-refractivity contribution in [3.05, 3.63) is 77.4 Å². The average Bonchev–Trinajstić information content (AvgIpc) is 3.58. The number of aromatic amines is 1. The number of nitrogens with zero attached hydrogens (tertiary/aromatic N) is 5. The summed E-state index contributed by atoms with van der Waals surface area (Å²) in [5, 5.41) is 28.9. The maximum Gasteiger partial charge on any atom is 0.149 e. The van der Waals surface area contributed by atoms with Crippen LogP contribution in [-0.4, -0.2) is 54.5 Å². The van der Waals surface area contributed by atoms with E-state index < -0.39 is 23.8 Å². The summed E-state index contributed by atoms with van der Waals surface area (Å²) in [5.41, 5.74) is 3.96. The second-order valence-electron chi connectivity index (χ2n) is 10.9. The number of benzene rings is 2. The second-order valence-corrected chi connectivity index (χ2v) is 10.9. The molecule has 2 aromatic heterocycles. The zero-order valence-electron chi connectivity index (χ0n) is 22.7. The predicted molar refractivity (Wildman–Crippen MR) is 146 cm³/mol. The third-order valence-electron chi connectivity index (χ3n) is 6.39. The Labute approximate surface area is 227 Å². The van der Waals surface area contributed by atoms with Crippen LogP contribution in [0, 0.1) is 17.0 Å². The van der Waals surface area contributed by atoms with Crippen molar-refractivity contribution in [2.45, 2.75) is 59.2 Å². The maximum absolute atomic E-state index is 14.5. The van der Waals surface area contributed by atoms with Crippen LogP contribution in [0.3, 0.4) is 0 Å². The summed E-state index contributed by atoms with van der Waals surface area (Å²) >= 11 is 0. The molecule has 0 spiro atoms. The molecule has 2 heterocycles. The monoisotopic (exact) mass is 538 g/mol. The highest BCUT2D eigenvalue weighted by molar-refractivity contribution is 5.61. The lowest BCUT2D eigenvalue weighted by Gasteiger charge is -2.25. The first-order valence-corrected chi connectivity index (χ1v) is 13.1. The highest BCUT2D eigenvalue weighted by atomic mass is 19.1. The summed E-state index contributed by atoms with van der Waals surface area (Å²) in [6.45, 7) is 9.57. The van der Waals surface area contributed by atoms with Crippen LogP contribution in [0.15, 0.2) is 49.1 Å².